The van der Waals surface area contributed by atoms with Gasteiger partial charge in [0.1, 0.15) is 0 Å². The van der Waals surface area contributed by atoms with E-state index in [1.54, 1.807) is 66.7 Å². The van der Waals surface area contributed by atoms with Crippen molar-refractivity contribution in [1.82, 2.24) is 4.98 Å². The van der Waals surface area contributed by atoms with Crippen LogP contribution in [0.3, 0.4) is 0 Å². The van der Waals surface area contributed by atoms with Gasteiger partial charge in [0, 0.05) is 11.1 Å². The smallest absolute Gasteiger partial charge is 0.285 e. The quantitative estimate of drug-likeness (QED) is 0.229. The summed E-state index contributed by atoms with van der Waals surface area (Å²) >= 11 is 0. The van der Waals surface area contributed by atoms with Crippen molar-refractivity contribution in [3.8, 4) is 0 Å². The summed E-state index contributed by atoms with van der Waals surface area (Å²) in [5, 5.41) is 11.5. The Morgan fingerprint density at radius 1 is 1.03 bits per heavy atom. The van der Waals surface area contributed by atoms with Gasteiger partial charge in [-0.3, -0.25) is 15.1 Å². The number of aromatic nitrogens is 1. The maximum atomic E-state index is 12.9. The first-order valence-electron chi connectivity index (χ1n) is 9.44. The average molecular weight is 439 g/mol. The van der Waals surface area contributed by atoms with Gasteiger partial charge < -0.3 is 4.74 Å². The topological polar surface area (TPSA) is 112 Å². The van der Waals surface area contributed by atoms with Crippen LogP contribution in [0.15, 0.2) is 94.4 Å². The van der Waals surface area contributed by atoms with Gasteiger partial charge in [0.2, 0.25) is 12.4 Å². The van der Waals surface area contributed by atoms with Crippen molar-refractivity contribution < 1.29 is 18.1 Å². The molecule has 3 aromatic rings. The SMILES string of the molecule is CO/C(=N\S(=O)(=O)c1ccccc1)[C@H](c1ccccn1)[C@@H](C[N+](=O)[O-])c1ccccc1. The van der Waals surface area contributed by atoms with E-state index in [-0.39, 0.29) is 10.8 Å². The molecule has 0 amide bonds. The van der Waals surface area contributed by atoms with Gasteiger partial charge in [0.05, 0.1) is 29.5 Å². The lowest BCUT2D eigenvalue weighted by Gasteiger charge is -2.25. The second-order valence-electron chi connectivity index (χ2n) is 6.69. The third-order valence-electron chi connectivity index (χ3n) is 4.71. The van der Waals surface area contributed by atoms with Crippen molar-refractivity contribution >= 4 is 15.9 Å². The molecule has 1 aromatic heterocycles. The highest BCUT2D eigenvalue weighted by Crippen LogP contribution is 2.35. The summed E-state index contributed by atoms with van der Waals surface area (Å²) in [6.07, 6.45) is 1.54. The Morgan fingerprint density at radius 3 is 2.19 bits per heavy atom. The number of ether oxygens (including phenoxy) is 1. The Hall–Kier alpha value is -3.59. The summed E-state index contributed by atoms with van der Waals surface area (Å²) in [5.41, 5.74) is 1.07. The van der Waals surface area contributed by atoms with Gasteiger partial charge in [-0.25, -0.2) is 0 Å². The molecule has 9 heteroatoms. The molecule has 0 radical (unpaired) electrons. The fraction of sp³-hybridized carbons (Fsp3) is 0.182. The number of hydrogen-bond donors (Lipinski definition) is 0. The number of methoxy groups -OCH3 is 1. The summed E-state index contributed by atoms with van der Waals surface area (Å²) in [6, 6.07) is 21.7. The van der Waals surface area contributed by atoms with Crippen molar-refractivity contribution in [2.45, 2.75) is 16.7 Å². The van der Waals surface area contributed by atoms with Crippen LogP contribution in [0.2, 0.25) is 0 Å². The zero-order valence-corrected chi connectivity index (χ0v) is 17.6. The first kappa shape index (κ1) is 22.1. The minimum absolute atomic E-state index is 0.00476. The van der Waals surface area contributed by atoms with E-state index in [9.17, 15) is 18.5 Å². The molecule has 0 saturated heterocycles. The van der Waals surface area contributed by atoms with E-state index in [0.717, 1.165) is 0 Å². The molecule has 2 atom stereocenters. The van der Waals surface area contributed by atoms with Gasteiger partial charge in [0.25, 0.3) is 10.0 Å². The number of rotatable bonds is 8. The van der Waals surface area contributed by atoms with Crippen LogP contribution in [0.5, 0.6) is 0 Å². The minimum atomic E-state index is -4.10. The van der Waals surface area contributed by atoms with Crippen LogP contribution < -0.4 is 0 Å². The van der Waals surface area contributed by atoms with Crippen LogP contribution in [0.4, 0.5) is 0 Å². The second-order valence-corrected chi connectivity index (χ2v) is 8.29. The fourth-order valence-electron chi connectivity index (χ4n) is 3.31. The number of sulfonamides is 1. The lowest BCUT2D eigenvalue weighted by atomic mass is 9.83. The van der Waals surface area contributed by atoms with Gasteiger partial charge in [-0.15, -0.1) is 4.40 Å². The highest BCUT2D eigenvalue weighted by atomic mass is 32.2. The molecule has 0 aliphatic heterocycles. The molecule has 0 fully saturated rings. The standard InChI is InChI=1S/C22H21N3O5S/c1-30-22(24-31(28,29)18-12-6-3-7-13-18)21(20-14-8-9-15-23-20)19(16-25(26)27)17-10-4-2-5-11-17/h2-15,19,21H,16H2,1H3/b24-22-/t19-,21-/m0/s1. The van der Waals surface area contributed by atoms with Gasteiger partial charge in [0.15, 0.2) is 0 Å². The molecule has 3 rings (SSSR count). The number of nitro groups is 1. The molecular weight excluding hydrogens is 418 g/mol. The molecule has 0 saturated carbocycles. The molecule has 0 bridgehead atoms. The van der Waals surface area contributed by atoms with E-state index in [4.69, 9.17) is 4.74 Å². The third kappa shape index (κ3) is 5.52. The average Bonchev–Trinajstić information content (AvgIpc) is 2.79. The lowest BCUT2D eigenvalue weighted by Crippen LogP contribution is -2.28. The largest absolute Gasteiger partial charge is 0.483 e. The number of pyridine rings is 1. The van der Waals surface area contributed by atoms with Gasteiger partial charge in [-0.2, -0.15) is 8.42 Å². The van der Waals surface area contributed by atoms with Gasteiger partial charge >= 0.3 is 0 Å². The zero-order chi connectivity index (χ0) is 22.3. The number of hydrogen-bond acceptors (Lipinski definition) is 6. The van der Waals surface area contributed by atoms with Crippen molar-refractivity contribution in [2.24, 2.45) is 4.40 Å². The van der Waals surface area contributed by atoms with Crippen LogP contribution in [-0.4, -0.2) is 37.9 Å². The zero-order valence-electron chi connectivity index (χ0n) is 16.7. The van der Waals surface area contributed by atoms with E-state index < -0.39 is 33.3 Å². The molecule has 8 nitrogen and oxygen atoms in total. The summed E-state index contributed by atoms with van der Waals surface area (Å²) in [4.78, 5) is 15.4. The number of nitrogens with zero attached hydrogens (tertiary/aromatic N) is 3. The Balaban J connectivity index is 2.18. The van der Waals surface area contributed by atoms with E-state index in [1.165, 1.54) is 25.4 Å². The Morgan fingerprint density at radius 2 is 1.65 bits per heavy atom. The first-order chi connectivity index (χ1) is 14.9. The van der Waals surface area contributed by atoms with E-state index >= 15 is 0 Å². The predicted molar refractivity (Wildman–Crippen MR) is 116 cm³/mol. The van der Waals surface area contributed by atoms with Crippen molar-refractivity contribution in [2.75, 3.05) is 13.7 Å². The van der Waals surface area contributed by atoms with Gasteiger partial charge in [-0.1, -0.05) is 54.6 Å². The molecule has 0 aliphatic carbocycles. The van der Waals surface area contributed by atoms with Gasteiger partial charge in [-0.05, 0) is 29.8 Å². The van der Waals surface area contributed by atoms with Crippen LogP contribution in [0, 0.1) is 10.1 Å². The first-order valence-corrected chi connectivity index (χ1v) is 10.9. The lowest BCUT2D eigenvalue weighted by molar-refractivity contribution is -0.483. The van der Waals surface area contributed by atoms with Crippen LogP contribution in [-0.2, 0) is 14.8 Å². The third-order valence-corrected chi connectivity index (χ3v) is 6.00. The maximum Gasteiger partial charge on any atom is 0.285 e. The van der Waals surface area contributed by atoms with E-state index in [1.807, 2.05) is 0 Å². The molecular formula is C22H21N3O5S. The summed E-state index contributed by atoms with van der Waals surface area (Å²) in [7, 11) is -2.81. The Kier molecular flexibility index (Phi) is 7.09. The summed E-state index contributed by atoms with van der Waals surface area (Å²) in [5.74, 6) is -1.81. The van der Waals surface area contributed by atoms with Crippen molar-refractivity contribution in [3.05, 3.63) is 106 Å². The van der Waals surface area contributed by atoms with E-state index in [2.05, 4.69) is 9.38 Å². The maximum absolute atomic E-state index is 12.9. The molecule has 160 valence electrons. The molecule has 0 unspecified atom stereocenters. The summed E-state index contributed by atoms with van der Waals surface area (Å²) < 4.78 is 35.1. The second kappa shape index (κ2) is 9.94. The molecule has 1 heterocycles. The van der Waals surface area contributed by atoms with Crippen molar-refractivity contribution in [1.29, 1.82) is 0 Å². The molecule has 0 spiro atoms. The molecule has 0 aliphatic rings. The summed E-state index contributed by atoms with van der Waals surface area (Å²) in [6.45, 7) is -0.459. The Labute approximate surface area is 180 Å². The number of benzene rings is 2. The highest BCUT2D eigenvalue weighted by Gasteiger charge is 2.36. The molecule has 31 heavy (non-hydrogen) atoms. The van der Waals surface area contributed by atoms with Crippen LogP contribution >= 0.6 is 0 Å². The normalized spacial score (nSPS) is 13.9. The monoisotopic (exact) mass is 439 g/mol. The van der Waals surface area contributed by atoms with Crippen LogP contribution in [0.25, 0.3) is 0 Å². The van der Waals surface area contributed by atoms with E-state index in [0.29, 0.717) is 11.3 Å². The molecule has 2 aromatic carbocycles. The molecule has 0 N–H and O–H groups in total. The predicted octanol–water partition coefficient (Wildman–Crippen LogP) is 3.66. The Bertz CT molecular complexity index is 1140. The van der Waals surface area contributed by atoms with Crippen LogP contribution in [0.1, 0.15) is 23.1 Å². The van der Waals surface area contributed by atoms with Crippen molar-refractivity contribution in [3.63, 3.8) is 0 Å². The highest BCUT2D eigenvalue weighted by molar-refractivity contribution is 7.90. The fourth-order valence-corrected chi connectivity index (χ4v) is 4.34. The minimum Gasteiger partial charge on any atom is -0.483 e.